The first kappa shape index (κ1) is 14.2. The van der Waals surface area contributed by atoms with Gasteiger partial charge in [-0.2, -0.15) is 0 Å². The van der Waals surface area contributed by atoms with Gasteiger partial charge >= 0.3 is 5.97 Å². The van der Waals surface area contributed by atoms with Crippen molar-refractivity contribution in [1.82, 2.24) is 5.32 Å². The molecule has 2 N–H and O–H groups in total. The number of carboxylic acid groups (broad SMARTS) is 1. The third-order valence-corrected chi connectivity index (χ3v) is 2.62. The van der Waals surface area contributed by atoms with Crippen molar-refractivity contribution in [2.75, 3.05) is 6.54 Å². The van der Waals surface area contributed by atoms with E-state index in [9.17, 15) is 14.0 Å². The number of nitrogens with one attached hydrogen (secondary N) is 1. The summed E-state index contributed by atoms with van der Waals surface area (Å²) in [5.74, 6) is -1.59. The molecule has 18 heavy (non-hydrogen) atoms. The second kappa shape index (κ2) is 6.74. The average Bonchev–Trinajstić information content (AvgIpc) is 2.31. The van der Waals surface area contributed by atoms with Crippen molar-refractivity contribution >= 4 is 11.9 Å². The number of carbonyl (C=O) groups is 2. The zero-order valence-electron chi connectivity index (χ0n) is 10.2. The van der Waals surface area contributed by atoms with Crippen LogP contribution >= 0.6 is 0 Å². The maximum atomic E-state index is 13.2. The first-order chi connectivity index (χ1) is 8.52. The lowest BCUT2D eigenvalue weighted by atomic mass is 10.1. The van der Waals surface area contributed by atoms with Gasteiger partial charge in [0.2, 0.25) is 0 Å². The number of hydrogen-bond acceptors (Lipinski definition) is 2. The van der Waals surface area contributed by atoms with Crippen LogP contribution < -0.4 is 5.32 Å². The summed E-state index contributed by atoms with van der Waals surface area (Å²) >= 11 is 0. The average molecular weight is 253 g/mol. The Morgan fingerprint density at radius 1 is 1.33 bits per heavy atom. The number of carboxylic acids is 1. The number of aliphatic carboxylic acids is 1. The van der Waals surface area contributed by atoms with Crippen molar-refractivity contribution in [1.29, 1.82) is 0 Å². The van der Waals surface area contributed by atoms with Crippen molar-refractivity contribution in [2.45, 2.75) is 26.2 Å². The predicted octanol–water partition coefficient (Wildman–Crippen LogP) is 2.12. The highest BCUT2D eigenvalue weighted by Gasteiger charge is 2.10. The Morgan fingerprint density at radius 3 is 2.72 bits per heavy atom. The minimum atomic E-state index is -0.845. The highest BCUT2D eigenvalue weighted by molar-refractivity contribution is 5.95. The summed E-state index contributed by atoms with van der Waals surface area (Å²) in [4.78, 5) is 22.0. The second-order valence-electron chi connectivity index (χ2n) is 4.02. The van der Waals surface area contributed by atoms with E-state index in [1.807, 2.05) is 0 Å². The third kappa shape index (κ3) is 4.16. The van der Waals surface area contributed by atoms with Crippen molar-refractivity contribution < 1.29 is 19.1 Å². The summed E-state index contributed by atoms with van der Waals surface area (Å²) in [6.45, 7) is 1.94. The van der Waals surface area contributed by atoms with Gasteiger partial charge in [0.05, 0.1) is 0 Å². The Bertz CT molecular complexity index is 446. The molecule has 0 aliphatic heterocycles. The molecule has 0 aliphatic carbocycles. The molecule has 5 heteroatoms. The smallest absolute Gasteiger partial charge is 0.303 e. The van der Waals surface area contributed by atoms with Gasteiger partial charge in [-0.15, -0.1) is 0 Å². The van der Waals surface area contributed by atoms with Crippen LogP contribution in [0.1, 0.15) is 35.2 Å². The first-order valence-electron chi connectivity index (χ1n) is 5.77. The van der Waals surface area contributed by atoms with Gasteiger partial charge in [-0.3, -0.25) is 9.59 Å². The molecule has 0 unspecified atom stereocenters. The molecule has 0 saturated heterocycles. The topological polar surface area (TPSA) is 66.4 Å². The fourth-order valence-electron chi connectivity index (χ4n) is 1.55. The molecule has 0 heterocycles. The Kier molecular flexibility index (Phi) is 5.30. The zero-order chi connectivity index (χ0) is 13.5. The van der Waals surface area contributed by atoms with Gasteiger partial charge < -0.3 is 10.4 Å². The van der Waals surface area contributed by atoms with E-state index in [0.717, 1.165) is 0 Å². The van der Waals surface area contributed by atoms with E-state index in [4.69, 9.17) is 5.11 Å². The lowest BCUT2D eigenvalue weighted by molar-refractivity contribution is -0.137. The van der Waals surface area contributed by atoms with E-state index in [1.165, 1.54) is 12.1 Å². The Morgan fingerprint density at radius 2 is 2.06 bits per heavy atom. The number of halogens is 1. The molecule has 1 aromatic carbocycles. The van der Waals surface area contributed by atoms with Crippen LogP contribution in [0.15, 0.2) is 18.2 Å². The van der Waals surface area contributed by atoms with E-state index in [1.54, 1.807) is 13.0 Å². The number of unbranched alkanes of at least 4 members (excludes halogenated alkanes) is 1. The summed E-state index contributed by atoms with van der Waals surface area (Å²) in [6, 6.07) is 4.35. The first-order valence-corrected chi connectivity index (χ1v) is 5.77. The number of carbonyl (C=O) groups excluding carboxylic acids is 1. The summed E-state index contributed by atoms with van der Waals surface area (Å²) < 4.78 is 13.2. The maximum absolute atomic E-state index is 13.2. The molecule has 0 saturated carbocycles. The number of amides is 1. The summed E-state index contributed by atoms with van der Waals surface area (Å²) in [6.07, 6.45) is 1.19. The van der Waals surface area contributed by atoms with Crippen LogP contribution in [0.5, 0.6) is 0 Å². The molecular weight excluding hydrogens is 237 g/mol. The maximum Gasteiger partial charge on any atom is 0.303 e. The van der Waals surface area contributed by atoms with Crippen LogP contribution in [0, 0.1) is 12.7 Å². The molecule has 1 rings (SSSR count). The number of rotatable bonds is 6. The Balaban J connectivity index is 2.41. The number of hydrogen-bond donors (Lipinski definition) is 2. The highest BCUT2D eigenvalue weighted by atomic mass is 19.1. The second-order valence-corrected chi connectivity index (χ2v) is 4.02. The molecule has 1 amide bonds. The van der Waals surface area contributed by atoms with Crippen LogP contribution in [-0.4, -0.2) is 23.5 Å². The standard InChI is InChI=1S/C13H16FNO3/c1-9-10(5-4-6-11(9)14)13(18)15-8-3-2-7-12(16)17/h4-6H,2-3,7-8H2,1H3,(H,15,18)(H,16,17). The molecule has 0 aromatic heterocycles. The van der Waals surface area contributed by atoms with Gasteiger partial charge in [0.25, 0.3) is 5.91 Å². The monoisotopic (exact) mass is 253 g/mol. The van der Waals surface area contributed by atoms with E-state index in [0.29, 0.717) is 30.5 Å². The normalized spacial score (nSPS) is 10.1. The predicted molar refractivity (Wildman–Crippen MR) is 65.0 cm³/mol. The lowest BCUT2D eigenvalue weighted by Gasteiger charge is -2.07. The van der Waals surface area contributed by atoms with Crippen LogP contribution in [-0.2, 0) is 4.79 Å². The van der Waals surface area contributed by atoms with Gasteiger partial charge in [0.15, 0.2) is 0 Å². The van der Waals surface area contributed by atoms with Crippen molar-refractivity contribution in [3.63, 3.8) is 0 Å². The van der Waals surface area contributed by atoms with E-state index in [2.05, 4.69) is 5.32 Å². The lowest BCUT2D eigenvalue weighted by Crippen LogP contribution is -2.25. The molecule has 98 valence electrons. The SMILES string of the molecule is Cc1c(F)cccc1C(=O)NCCCCC(=O)O. The van der Waals surface area contributed by atoms with E-state index < -0.39 is 11.8 Å². The summed E-state index contributed by atoms with van der Waals surface area (Å²) in [5.41, 5.74) is 0.633. The van der Waals surface area contributed by atoms with E-state index in [-0.39, 0.29) is 12.3 Å². The van der Waals surface area contributed by atoms with Crippen LogP contribution in [0.2, 0.25) is 0 Å². The molecule has 1 aromatic rings. The van der Waals surface area contributed by atoms with Gasteiger partial charge in [0.1, 0.15) is 5.82 Å². The molecule has 0 atom stereocenters. The number of benzene rings is 1. The van der Waals surface area contributed by atoms with Crippen LogP contribution in [0.4, 0.5) is 4.39 Å². The van der Waals surface area contributed by atoms with Gasteiger partial charge in [-0.1, -0.05) is 6.07 Å². The molecule has 0 radical (unpaired) electrons. The van der Waals surface area contributed by atoms with Gasteiger partial charge in [-0.05, 0) is 37.5 Å². The molecule has 0 bridgehead atoms. The third-order valence-electron chi connectivity index (χ3n) is 2.62. The Hall–Kier alpha value is -1.91. The van der Waals surface area contributed by atoms with Crippen LogP contribution in [0.3, 0.4) is 0 Å². The molecule has 0 aliphatic rings. The highest BCUT2D eigenvalue weighted by Crippen LogP contribution is 2.11. The van der Waals surface area contributed by atoms with Crippen LogP contribution in [0.25, 0.3) is 0 Å². The van der Waals surface area contributed by atoms with Gasteiger partial charge in [-0.25, -0.2) is 4.39 Å². The quantitative estimate of drug-likeness (QED) is 0.763. The fourth-order valence-corrected chi connectivity index (χ4v) is 1.55. The van der Waals surface area contributed by atoms with Crippen molar-refractivity contribution in [3.05, 3.63) is 35.1 Å². The molecule has 4 nitrogen and oxygen atoms in total. The Labute approximate surface area is 105 Å². The molecule has 0 spiro atoms. The van der Waals surface area contributed by atoms with E-state index >= 15 is 0 Å². The minimum Gasteiger partial charge on any atom is -0.481 e. The van der Waals surface area contributed by atoms with Crippen molar-refractivity contribution in [2.24, 2.45) is 0 Å². The largest absolute Gasteiger partial charge is 0.481 e. The summed E-state index contributed by atoms with van der Waals surface area (Å²) in [7, 11) is 0. The van der Waals surface area contributed by atoms with Crippen molar-refractivity contribution in [3.8, 4) is 0 Å². The van der Waals surface area contributed by atoms with Gasteiger partial charge in [0, 0.05) is 18.5 Å². The molecular formula is C13H16FNO3. The minimum absolute atomic E-state index is 0.0921. The summed E-state index contributed by atoms with van der Waals surface area (Å²) in [5, 5.41) is 11.1. The molecule has 0 fully saturated rings. The fraction of sp³-hybridized carbons (Fsp3) is 0.385. The zero-order valence-corrected chi connectivity index (χ0v) is 10.2.